The first-order valence-electron chi connectivity index (χ1n) is 9.60. The van der Waals surface area contributed by atoms with Crippen LogP contribution in [0.3, 0.4) is 0 Å². The number of piperazine rings is 1. The summed E-state index contributed by atoms with van der Waals surface area (Å²) in [6, 6.07) is 3.39. The fraction of sp³-hybridized carbons (Fsp3) is 0.500. The molecule has 0 spiro atoms. The van der Waals surface area contributed by atoms with Crippen molar-refractivity contribution in [3.05, 3.63) is 35.5 Å². The van der Waals surface area contributed by atoms with Crippen LogP contribution in [0.2, 0.25) is 0 Å². The molecule has 0 radical (unpaired) electrons. The monoisotopic (exact) mass is 411 g/mol. The van der Waals surface area contributed by atoms with Crippen LogP contribution in [-0.4, -0.2) is 68.3 Å². The first-order chi connectivity index (χ1) is 14.0. The quantitative estimate of drug-likeness (QED) is 0.254. The number of aryl methyl sites for hydroxylation is 1. The lowest BCUT2D eigenvalue weighted by atomic mass is 10.2. The summed E-state index contributed by atoms with van der Waals surface area (Å²) >= 11 is 0. The standard InChI is InChI=1S/C18H31N9O2.3H2/c1-4-22-18(29)24-16(25-19)11-21-12-26-7-9-27(10-8-26)15-6-5-14(17(28)20-3)23-13(15)2;;;/h5-6,11,21,25H,4,7-10,12,19H2,1-3H3,(H,20,28)(H2,22,24,29);3*1H/b16-11-;;;. The van der Waals surface area contributed by atoms with E-state index in [1.54, 1.807) is 19.3 Å². The molecular formula is C18H37N9O2. The number of nitrogens with zero attached hydrogens (tertiary/aromatic N) is 3. The Balaban J connectivity index is 0. The third-order valence-electron chi connectivity index (χ3n) is 4.53. The summed E-state index contributed by atoms with van der Waals surface area (Å²) in [5.74, 6) is 5.62. The summed E-state index contributed by atoms with van der Waals surface area (Å²) in [4.78, 5) is 32.2. The number of pyridine rings is 1. The van der Waals surface area contributed by atoms with Gasteiger partial charge in [0.15, 0.2) is 0 Å². The van der Waals surface area contributed by atoms with Crippen LogP contribution in [0.25, 0.3) is 0 Å². The van der Waals surface area contributed by atoms with Crippen LogP contribution in [-0.2, 0) is 0 Å². The largest absolute Gasteiger partial charge is 0.375 e. The second-order valence-electron chi connectivity index (χ2n) is 6.53. The first kappa shape index (κ1) is 22.2. The van der Waals surface area contributed by atoms with Crippen LogP contribution < -0.4 is 37.4 Å². The minimum Gasteiger partial charge on any atom is -0.375 e. The number of rotatable bonds is 8. The molecule has 1 aromatic heterocycles. The molecule has 1 aliphatic rings. The van der Waals surface area contributed by atoms with Crippen LogP contribution in [0, 0.1) is 6.92 Å². The number of hydrogen-bond acceptors (Lipinski definition) is 8. The van der Waals surface area contributed by atoms with Gasteiger partial charge in [0.2, 0.25) is 0 Å². The third-order valence-corrected chi connectivity index (χ3v) is 4.53. The number of hydrazine groups is 1. The second-order valence-corrected chi connectivity index (χ2v) is 6.53. The van der Waals surface area contributed by atoms with Crippen molar-refractivity contribution in [3.63, 3.8) is 0 Å². The number of amides is 3. The number of urea groups is 1. The van der Waals surface area contributed by atoms with E-state index in [0.717, 1.165) is 37.6 Å². The first-order valence-corrected chi connectivity index (χ1v) is 9.60. The third kappa shape index (κ3) is 6.50. The molecule has 0 aromatic carbocycles. The summed E-state index contributed by atoms with van der Waals surface area (Å²) in [6.07, 6.45) is 1.63. The van der Waals surface area contributed by atoms with Crippen molar-refractivity contribution in [2.45, 2.75) is 13.8 Å². The second kappa shape index (κ2) is 11.1. The van der Waals surface area contributed by atoms with Crippen molar-refractivity contribution in [1.29, 1.82) is 0 Å². The van der Waals surface area contributed by atoms with Gasteiger partial charge in [0.25, 0.3) is 5.91 Å². The fourth-order valence-corrected chi connectivity index (χ4v) is 3.01. The number of carbonyl (C=O) groups is 2. The van der Waals surface area contributed by atoms with Crippen molar-refractivity contribution in [2.24, 2.45) is 5.84 Å². The number of carbonyl (C=O) groups excluding carboxylic acids is 2. The highest BCUT2D eigenvalue weighted by Gasteiger charge is 2.19. The molecule has 3 amide bonds. The number of anilines is 1. The van der Waals surface area contributed by atoms with E-state index >= 15 is 0 Å². The maximum Gasteiger partial charge on any atom is 0.320 e. The van der Waals surface area contributed by atoms with E-state index in [0.29, 0.717) is 24.7 Å². The van der Waals surface area contributed by atoms with E-state index in [1.807, 2.05) is 19.9 Å². The van der Waals surface area contributed by atoms with E-state index in [9.17, 15) is 9.59 Å². The van der Waals surface area contributed by atoms with Crippen molar-refractivity contribution in [3.8, 4) is 0 Å². The highest BCUT2D eigenvalue weighted by molar-refractivity contribution is 5.92. The predicted molar refractivity (Wildman–Crippen MR) is 118 cm³/mol. The van der Waals surface area contributed by atoms with Gasteiger partial charge < -0.3 is 26.3 Å². The Kier molecular flexibility index (Phi) is 8.49. The Hall–Kier alpha value is -3.05. The molecule has 11 heteroatoms. The van der Waals surface area contributed by atoms with Crippen molar-refractivity contribution in [1.82, 2.24) is 36.6 Å². The molecule has 0 atom stereocenters. The lowest BCUT2D eigenvalue weighted by molar-refractivity contribution is 0.0958. The van der Waals surface area contributed by atoms with Gasteiger partial charge in [-0.05, 0) is 26.0 Å². The van der Waals surface area contributed by atoms with E-state index in [4.69, 9.17) is 5.84 Å². The SMILES string of the molecule is CCNC(=O)N/C(=C/NCN1CCN(c2ccc(C(=O)NC)nc2C)CC1)NN.[HH].[HH].[HH]. The molecule has 0 saturated carbocycles. The van der Waals surface area contributed by atoms with Gasteiger partial charge in [0.05, 0.1) is 18.1 Å². The maximum atomic E-state index is 11.7. The zero-order valence-electron chi connectivity index (χ0n) is 17.2. The Bertz CT molecular complexity index is 744. The Labute approximate surface area is 175 Å². The van der Waals surface area contributed by atoms with E-state index < -0.39 is 0 Å². The summed E-state index contributed by atoms with van der Waals surface area (Å²) in [6.45, 7) is 8.36. The van der Waals surface area contributed by atoms with Crippen molar-refractivity contribution < 1.29 is 13.9 Å². The minimum absolute atomic E-state index is 0. The van der Waals surface area contributed by atoms with Crippen LogP contribution in [0.15, 0.2) is 24.2 Å². The van der Waals surface area contributed by atoms with Gasteiger partial charge in [-0.3, -0.25) is 15.0 Å². The Morgan fingerprint density at radius 3 is 2.59 bits per heavy atom. The molecule has 7 N–H and O–H groups in total. The molecule has 1 aliphatic heterocycles. The molecule has 2 rings (SSSR count). The van der Waals surface area contributed by atoms with E-state index in [2.05, 4.69) is 41.5 Å². The Morgan fingerprint density at radius 1 is 1.28 bits per heavy atom. The topological polar surface area (TPSA) is 140 Å². The van der Waals surface area contributed by atoms with Crippen LogP contribution in [0.4, 0.5) is 10.5 Å². The molecule has 166 valence electrons. The van der Waals surface area contributed by atoms with Crippen LogP contribution in [0.1, 0.15) is 27.4 Å². The molecule has 2 heterocycles. The van der Waals surface area contributed by atoms with Gasteiger partial charge >= 0.3 is 6.03 Å². The summed E-state index contributed by atoms with van der Waals surface area (Å²) in [7, 11) is 1.60. The predicted octanol–water partition coefficient (Wildman–Crippen LogP) is -0.262. The smallest absolute Gasteiger partial charge is 0.320 e. The fourth-order valence-electron chi connectivity index (χ4n) is 3.01. The minimum atomic E-state index is -0.321. The van der Waals surface area contributed by atoms with Gasteiger partial charge in [-0.2, -0.15) is 0 Å². The number of hydrogen-bond donors (Lipinski definition) is 6. The van der Waals surface area contributed by atoms with Crippen LogP contribution >= 0.6 is 0 Å². The van der Waals surface area contributed by atoms with Crippen molar-refractivity contribution >= 4 is 17.6 Å². The molecule has 0 unspecified atom stereocenters. The van der Waals surface area contributed by atoms with Gasteiger partial charge in [-0.15, -0.1) is 0 Å². The summed E-state index contributed by atoms with van der Waals surface area (Å²) in [5, 5.41) is 11.0. The number of aromatic nitrogens is 1. The molecular weight excluding hydrogens is 374 g/mol. The Morgan fingerprint density at radius 2 is 2.00 bits per heavy atom. The molecule has 1 saturated heterocycles. The summed E-state index contributed by atoms with van der Waals surface area (Å²) in [5.41, 5.74) is 4.76. The van der Waals surface area contributed by atoms with Gasteiger partial charge in [0, 0.05) is 50.3 Å². The normalized spacial score (nSPS) is 14.9. The molecule has 11 nitrogen and oxygen atoms in total. The molecule has 1 fully saturated rings. The lowest BCUT2D eigenvalue weighted by Gasteiger charge is -2.36. The molecule has 1 aromatic rings. The average Bonchev–Trinajstić information content (AvgIpc) is 2.73. The van der Waals surface area contributed by atoms with Gasteiger partial charge in [-0.1, -0.05) is 0 Å². The molecule has 0 aliphatic carbocycles. The summed E-state index contributed by atoms with van der Waals surface area (Å²) < 4.78 is 0. The lowest BCUT2D eigenvalue weighted by Crippen LogP contribution is -2.49. The van der Waals surface area contributed by atoms with E-state index in [-0.39, 0.29) is 16.2 Å². The zero-order chi connectivity index (χ0) is 21.2. The van der Waals surface area contributed by atoms with E-state index in [1.165, 1.54) is 0 Å². The highest BCUT2D eigenvalue weighted by Crippen LogP contribution is 2.20. The number of nitrogens with two attached hydrogens (primary N) is 1. The maximum absolute atomic E-state index is 11.7. The zero-order valence-corrected chi connectivity index (χ0v) is 17.2. The van der Waals surface area contributed by atoms with Gasteiger partial charge in [-0.25, -0.2) is 15.6 Å². The molecule has 29 heavy (non-hydrogen) atoms. The van der Waals surface area contributed by atoms with Crippen LogP contribution in [0.5, 0.6) is 0 Å². The molecule has 0 bridgehead atoms. The number of nitrogens with one attached hydrogen (secondary N) is 5. The van der Waals surface area contributed by atoms with Gasteiger partial charge in [0.1, 0.15) is 11.5 Å². The highest BCUT2D eigenvalue weighted by atomic mass is 16.2. The van der Waals surface area contributed by atoms with Crippen molar-refractivity contribution in [2.75, 3.05) is 51.3 Å². The average molecular weight is 412 g/mol.